The van der Waals surface area contributed by atoms with Crippen molar-refractivity contribution >= 4 is 29.3 Å². The molecule has 0 heterocycles. The Morgan fingerprint density at radius 3 is 2.13 bits per heavy atom. The highest BCUT2D eigenvalue weighted by Gasteiger charge is 2.15. The minimum Gasteiger partial charge on any atom is -0.449 e. The zero-order valence-electron chi connectivity index (χ0n) is 18.8. The fourth-order valence-electron chi connectivity index (χ4n) is 2.83. The first-order valence-electron chi connectivity index (χ1n) is 10.3. The molecular formula is C24H31N3O4. The number of benzene rings is 2. The van der Waals surface area contributed by atoms with Crippen LogP contribution in [0.4, 0.5) is 16.2 Å². The SMILES string of the molecule is CCOC(=O)N(C)c1ccc(NC(=O)CCNC(=O)c2ccc(C(C)(C)C)cc2)cc1. The van der Waals surface area contributed by atoms with Crippen molar-refractivity contribution < 1.29 is 19.1 Å². The Kier molecular flexibility index (Phi) is 8.19. The van der Waals surface area contributed by atoms with E-state index in [0.717, 1.165) is 5.56 Å². The number of nitrogens with zero attached hydrogens (tertiary/aromatic N) is 1. The number of hydrogen-bond acceptors (Lipinski definition) is 4. The number of amides is 3. The second-order valence-electron chi connectivity index (χ2n) is 8.19. The molecule has 3 amide bonds. The van der Waals surface area contributed by atoms with Gasteiger partial charge in [0.25, 0.3) is 5.91 Å². The molecule has 7 nitrogen and oxygen atoms in total. The summed E-state index contributed by atoms with van der Waals surface area (Å²) < 4.78 is 4.95. The summed E-state index contributed by atoms with van der Waals surface area (Å²) in [5, 5.41) is 5.54. The van der Waals surface area contributed by atoms with Crippen LogP contribution < -0.4 is 15.5 Å². The van der Waals surface area contributed by atoms with E-state index in [4.69, 9.17) is 4.74 Å². The fourth-order valence-corrected chi connectivity index (χ4v) is 2.83. The molecule has 0 aliphatic carbocycles. The number of carbonyl (C=O) groups excluding carboxylic acids is 3. The van der Waals surface area contributed by atoms with Crippen LogP contribution in [0.1, 0.15) is 50.0 Å². The normalized spacial score (nSPS) is 10.9. The van der Waals surface area contributed by atoms with Crippen molar-refractivity contribution in [3.8, 4) is 0 Å². The maximum absolute atomic E-state index is 12.3. The molecule has 0 aliphatic heterocycles. The van der Waals surface area contributed by atoms with Crippen molar-refractivity contribution in [2.24, 2.45) is 0 Å². The number of anilines is 2. The van der Waals surface area contributed by atoms with Gasteiger partial charge in [-0.3, -0.25) is 14.5 Å². The Morgan fingerprint density at radius 1 is 0.968 bits per heavy atom. The second kappa shape index (κ2) is 10.6. The maximum Gasteiger partial charge on any atom is 0.413 e. The van der Waals surface area contributed by atoms with Gasteiger partial charge in [-0.2, -0.15) is 0 Å². The van der Waals surface area contributed by atoms with Crippen molar-refractivity contribution in [3.63, 3.8) is 0 Å². The molecule has 0 saturated carbocycles. The molecule has 0 spiro atoms. The van der Waals surface area contributed by atoms with Gasteiger partial charge in [-0.05, 0) is 54.3 Å². The third-order valence-electron chi connectivity index (χ3n) is 4.73. The summed E-state index contributed by atoms with van der Waals surface area (Å²) in [5.74, 6) is -0.422. The first-order chi connectivity index (χ1) is 14.6. The molecule has 0 aliphatic rings. The van der Waals surface area contributed by atoms with E-state index in [1.54, 1.807) is 50.4 Å². The van der Waals surface area contributed by atoms with Crippen LogP contribution in [0, 0.1) is 0 Å². The van der Waals surface area contributed by atoms with Crippen molar-refractivity contribution in [2.75, 3.05) is 30.4 Å². The average Bonchev–Trinajstić information content (AvgIpc) is 2.73. The number of nitrogens with one attached hydrogen (secondary N) is 2. The topological polar surface area (TPSA) is 87.7 Å². The molecule has 0 saturated heterocycles. The molecule has 2 aromatic rings. The Labute approximate surface area is 183 Å². The Hall–Kier alpha value is -3.35. The lowest BCUT2D eigenvalue weighted by Crippen LogP contribution is -2.28. The zero-order chi connectivity index (χ0) is 23.0. The average molecular weight is 426 g/mol. The molecule has 31 heavy (non-hydrogen) atoms. The molecule has 0 radical (unpaired) electrons. The minimum absolute atomic E-state index is 0.0273. The van der Waals surface area contributed by atoms with Gasteiger partial charge in [-0.25, -0.2) is 4.79 Å². The summed E-state index contributed by atoms with van der Waals surface area (Å²) in [6, 6.07) is 14.3. The highest BCUT2D eigenvalue weighted by atomic mass is 16.6. The molecule has 7 heteroatoms. The van der Waals surface area contributed by atoms with Crippen LogP contribution in [0.25, 0.3) is 0 Å². The van der Waals surface area contributed by atoms with Gasteiger partial charge in [-0.1, -0.05) is 32.9 Å². The minimum atomic E-state index is -0.442. The number of rotatable bonds is 7. The van der Waals surface area contributed by atoms with Crippen LogP contribution in [-0.4, -0.2) is 38.1 Å². The van der Waals surface area contributed by atoms with Gasteiger partial charge in [0.05, 0.1) is 6.61 Å². The molecule has 0 unspecified atom stereocenters. The summed E-state index contributed by atoms with van der Waals surface area (Å²) >= 11 is 0. The highest BCUT2D eigenvalue weighted by molar-refractivity contribution is 5.95. The standard InChI is InChI=1S/C24H31N3O4/c1-6-31-23(30)27(5)20-13-11-19(12-14-20)26-21(28)15-16-25-22(29)17-7-9-18(10-8-17)24(2,3)4/h7-14H,6,15-16H2,1-5H3,(H,25,29)(H,26,28). The van der Waals surface area contributed by atoms with E-state index >= 15 is 0 Å². The van der Waals surface area contributed by atoms with Gasteiger partial charge in [0, 0.05) is 37.0 Å². The van der Waals surface area contributed by atoms with Crippen LogP contribution in [-0.2, 0) is 14.9 Å². The first kappa shape index (κ1) is 23.9. The lowest BCUT2D eigenvalue weighted by molar-refractivity contribution is -0.116. The summed E-state index contributed by atoms with van der Waals surface area (Å²) in [7, 11) is 1.62. The van der Waals surface area contributed by atoms with Crippen molar-refractivity contribution in [1.29, 1.82) is 0 Å². The zero-order valence-corrected chi connectivity index (χ0v) is 18.8. The largest absolute Gasteiger partial charge is 0.449 e. The summed E-state index contributed by atoms with van der Waals surface area (Å²) in [6.07, 6.45) is -0.292. The Morgan fingerprint density at radius 2 is 1.58 bits per heavy atom. The van der Waals surface area contributed by atoms with Crippen LogP contribution in [0.2, 0.25) is 0 Å². The molecule has 2 aromatic carbocycles. The third-order valence-corrected chi connectivity index (χ3v) is 4.73. The van der Waals surface area contributed by atoms with Crippen molar-refractivity contribution in [1.82, 2.24) is 5.32 Å². The lowest BCUT2D eigenvalue weighted by Gasteiger charge is -2.19. The number of hydrogen-bond donors (Lipinski definition) is 2. The predicted octanol–water partition coefficient (Wildman–Crippen LogP) is 4.34. The number of carbonyl (C=O) groups is 3. The fraction of sp³-hybridized carbons (Fsp3) is 0.375. The van der Waals surface area contributed by atoms with E-state index in [1.807, 2.05) is 12.1 Å². The van der Waals surface area contributed by atoms with Crippen molar-refractivity contribution in [2.45, 2.75) is 39.5 Å². The molecule has 0 aromatic heterocycles. The second-order valence-corrected chi connectivity index (χ2v) is 8.19. The van der Waals surface area contributed by atoms with Crippen LogP contribution in [0.3, 0.4) is 0 Å². The predicted molar refractivity (Wildman–Crippen MR) is 123 cm³/mol. The molecule has 2 N–H and O–H groups in total. The third kappa shape index (κ3) is 7.13. The van der Waals surface area contributed by atoms with Gasteiger partial charge < -0.3 is 15.4 Å². The van der Waals surface area contributed by atoms with Gasteiger partial charge in [0.15, 0.2) is 0 Å². The van der Waals surface area contributed by atoms with Crippen LogP contribution in [0.15, 0.2) is 48.5 Å². The molecular weight excluding hydrogens is 394 g/mol. The van der Waals surface area contributed by atoms with Crippen LogP contribution >= 0.6 is 0 Å². The quantitative estimate of drug-likeness (QED) is 0.691. The van der Waals surface area contributed by atoms with Crippen molar-refractivity contribution in [3.05, 3.63) is 59.7 Å². The molecule has 0 bridgehead atoms. The van der Waals surface area contributed by atoms with E-state index in [9.17, 15) is 14.4 Å². The smallest absolute Gasteiger partial charge is 0.413 e. The molecule has 2 rings (SSSR count). The van der Waals surface area contributed by atoms with Gasteiger partial charge in [0.2, 0.25) is 5.91 Å². The summed E-state index contributed by atoms with van der Waals surface area (Å²) in [5.41, 5.74) is 3.01. The molecule has 0 fully saturated rings. The summed E-state index contributed by atoms with van der Waals surface area (Å²) in [4.78, 5) is 37.5. The van der Waals surface area contributed by atoms with Gasteiger partial charge in [0.1, 0.15) is 0 Å². The Balaban J connectivity index is 1.80. The first-order valence-corrected chi connectivity index (χ1v) is 10.3. The van der Waals surface area contributed by atoms with Crippen LogP contribution in [0.5, 0.6) is 0 Å². The van der Waals surface area contributed by atoms with Gasteiger partial charge >= 0.3 is 6.09 Å². The monoisotopic (exact) mass is 425 g/mol. The van der Waals surface area contributed by atoms with E-state index in [2.05, 4.69) is 31.4 Å². The van der Waals surface area contributed by atoms with E-state index in [0.29, 0.717) is 23.5 Å². The van der Waals surface area contributed by atoms with Gasteiger partial charge in [-0.15, -0.1) is 0 Å². The Bertz CT molecular complexity index is 900. The number of ether oxygens (including phenoxy) is 1. The highest BCUT2D eigenvalue weighted by Crippen LogP contribution is 2.22. The van der Waals surface area contributed by atoms with E-state index < -0.39 is 6.09 Å². The van der Waals surface area contributed by atoms with E-state index in [-0.39, 0.29) is 30.2 Å². The maximum atomic E-state index is 12.3. The lowest BCUT2D eigenvalue weighted by atomic mass is 9.87. The summed E-state index contributed by atoms with van der Waals surface area (Å²) in [6.45, 7) is 8.63. The molecule has 166 valence electrons. The molecule has 0 atom stereocenters. The van der Waals surface area contributed by atoms with E-state index in [1.165, 1.54) is 4.90 Å².